The average Bonchev–Trinajstić information content (AvgIpc) is 0.952. The van der Waals surface area contributed by atoms with Crippen molar-refractivity contribution >= 4 is 111 Å². The van der Waals surface area contributed by atoms with E-state index in [0.29, 0.717) is 112 Å². The molecule has 1 heterocycles. The molecule has 1 aromatic heterocycles. The molecule has 854 valence electrons. The molecule has 0 aliphatic heterocycles. The summed E-state index contributed by atoms with van der Waals surface area (Å²) in [4.78, 5) is 222. The Morgan fingerprint density at radius 1 is 0.473 bits per heavy atom. The van der Waals surface area contributed by atoms with Gasteiger partial charge in [0.2, 0.25) is 5.91 Å². The van der Waals surface area contributed by atoms with Crippen LogP contribution in [0.4, 0.5) is 13.2 Å². The lowest BCUT2D eigenvalue weighted by molar-refractivity contribution is -0.160. The molecule has 1 amide bonds. The smallest absolute Gasteiger partial charge is 0.389 e. The topological polar surface area (TPSA) is 399 Å². The van der Waals surface area contributed by atoms with Crippen LogP contribution in [-0.2, 0) is 112 Å². The average molecular weight is 2100 g/mol. The summed E-state index contributed by atoms with van der Waals surface area (Å²) in [5.41, 5.74) is 1.29. The summed E-state index contributed by atoms with van der Waals surface area (Å²) in [5, 5.41) is 2.65. The van der Waals surface area contributed by atoms with Gasteiger partial charge in [-0.1, -0.05) is 278 Å². The lowest BCUT2D eigenvalue weighted by atomic mass is 9.86. The fraction of sp³-hybridized carbons (Fsp3) is 0.678. The number of hydrogen-bond acceptors (Lipinski definition) is 26. The molecule has 0 radical (unpaired) electrons. The van der Waals surface area contributed by atoms with Crippen LogP contribution in [0.25, 0.3) is 0 Å². The van der Waals surface area contributed by atoms with Crippen LogP contribution in [0.15, 0.2) is 97.5 Å². The van der Waals surface area contributed by atoms with Crippen molar-refractivity contribution in [1.29, 1.82) is 0 Å². The van der Waals surface area contributed by atoms with Crippen LogP contribution in [0, 0.1) is 82.3 Å². The number of carbonyl (C=O) groups is 19. The van der Waals surface area contributed by atoms with Gasteiger partial charge in [0.15, 0.2) is 5.78 Å². The van der Waals surface area contributed by atoms with Gasteiger partial charge in [0, 0.05) is 193 Å². The number of carbonyl (C=O) groups excluding carboxylic acids is 19. The number of rotatable bonds is 50. The van der Waals surface area contributed by atoms with Gasteiger partial charge in [-0.15, -0.1) is 0 Å². The number of pyridine rings is 1. The van der Waals surface area contributed by atoms with Crippen molar-refractivity contribution in [3.8, 4) is 0 Å². The van der Waals surface area contributed by atoms with Crippen molar-refractivity contribution < 1.29 is 128 Å². The Kier molecular flexibility index (Phi) is 97.2. The van der Waals surface area contributed by atoms with E-state index in [9.17, 15) is 104 Å². The van der Waals surface area contributed by atoms with Gasteiger partial charge >= 0.3 is 30.1 Å². The standard InChI is InChI=1S/C17H31NO4.C16H21NO5.C15H20O2.C14H25NO4.C13H16O2.C11H18O2.2C9H16O2.C7H11F3O.7CH4/c1-11(2)13(19)9-12(15(21)22-17(6,7)8)18-14(20)10-16(3,4)5;1-11(2)15(19)7-13(9-21-12(3)18)10-22-16(20)14-5-4-6-17-8-14;1-11(2)15(17)14(9-12(3)16)10-13-7-5-4-6-8-13;1-10(2)14(17)7-15(6)13(8-18-11(3)4)9-19-12(5)16;1-10(2)12(14)8-9-13(15)11-6-4-3-5-7-11;1-8(2)11(13)6-4-9-3-5-10(12)7-9;1-6(2)9(11)7(3)5-8(4)10;1-4-8(10)5-6-9(11)7(2)3;1-5(2)6(11)3-4-7(8,9)10;;;;;;;/h11-12H,9-10H2,1-8H3,(H,18,20);4-6,8,11,13H,7,9-10H2,1-3H3;4-8,11,14H,9-10H2,1-3H3;10,13H,3,7-9H2,1-2,4-6H3;3-7,10H,8-9H2,1-2H3;8-9H,3-7H2,1-2H3;6-7H,5H2,1-4H3;7H,4-6H2,1-3H3;5H,3-4H2,1-2H3;7*1H4. The van der Waals surface area contributed by atoms with E-state index in [1.807, 2.05) is 178 Å². The van der Waals surface area contributed by atoms with Crippen molar-refractivity contribution in [3.05, 3.63) is 114 Å². The minimum atomic E-state index is -4.20. The van der Waals surface area contributed by atoms with Gasteiger partial charge in [0.25, 0.3) is 0 Å². The van der Waals surface area contributed by atoms with Crippen molar-refractivity contribution in [2.24, 2.45) is 82.3 Å². The van der Waals surface area contributed by atoms with E-state index >= 15 is 0 Å². The van der Waals surface area contributed by atoms with Crippen molar-refractivity contribution in [2.75, 3.05) is 40.0 Å². The number of Topliss-reactive ketones (excluding diaryl/α,β-unsaturated/α-hetero) is 14. The van der Waals surface area contributed by atoms with Crippen LogP contribution in [0.3, 0.4) is 0 Å². The number of hydrogen-bond donors (Lipinski definition) is 1. The van der Waals surface area contributed by atoms with Gasteiger partial charge in [-0.25, -0.2) is 9.59 Å². The molecule has 0 saturated heterocycles. The highest BCUT2D eigenvalue weighted by Gasteiger charge is 2.33. The van der Waals surface area contributed by atoms with Gasteiger partial charge in [0.1, 0.15) is 100 Å². The van der Waals surface area contributed by atoms with Gasteiger partial charge in [-0.2, -0.15) is 13.2 Å². The molecule has 1 saturated carbocycles. The van der Waals surface area contributed by atoms with Gasteiger partial charge in [0.05, 0.1) is 43.5 Å². The first-order valence-electron chi connectivity index (χ1n) is 49.2. The molecule has 6 unspecified atom stereocenters. The van der Waals surface area contributed by atoms with Crippen LogP contribution in [0.1, 0.15) is 402 Å². The normalized spacial score (nSPS) is 12.5. The van der Waals surface area contributed by atoms with Crippen LogP contribution < -0.4 is 5.32 Å². The molecule has 30 heteroatoms. The number of ketones is 14. The number of ether oxygens (including phenoxy) is 5. The number of allylic oxidation sites excluding steroid dienone is 1. The summed E-state index contributed by atoms with van der Waals surface area (Å²) in [6, 6.07) is 21.1. The molecule has 148 heavy (non-hydrogen) atoms. The molecule has 4 rings (SSSR count). The van der Waals surface area contributed by atoms with Crippen molar-refractivity contribution in [2.45, 2.75) is 406 Å². The second kappa shape index (κ2) is 88.4. The Balaban J connectivity index is -0.000000141. The first-order chi connectivity index (χ1) is 64.9. The Hall–Kier alpha value is -10.4. The number of esters is 4. The first kappa shape index (κ1) is 163. The third kappa shape index (κ3) is 91.8. The summed E-state index contributed by atoms with van der Waals surface area (Å²) in [6.45, 7) is 59.6. The zero-order valence-electron chi connectivity index (χ0n) is 91.0. The molecule has 2 aromatic carbocycles. The minimum Gasteiger partial charge on any atom is -0.497 e. The second-order valence-corrected chi connectivity index (χ2v) is 40.7. The van der Waals surface area contributed by atoms with Crippen molar-refractivity contribution in [3.63, 3.8) is 0 Å². The van der Waals surface area contributed by atoms with Crippen LogP contribution in [0.5, 0.6) is 0 Å². The third-order valence-electron chi connectivity index (χ3n) is 21.0. The predicted octanol–water partition coefficient (Wildman–Crippen LogP) is 25.6. The number of nitrogens with one attached hydrogen (secondary N) is 1. The SMILES string of the molecule is C.C.C.C.C.C.C.C=C(C)OCC(COC(C)=O)N(C)CC(=O)C(C)C.CC(=O)CC(C)C(=O)C(C)C.CC(=O)CC(Cc1ccccc1)C(=O)C(C)C.CC(=O)OCC(COC(=O)c1cccnc1)CC(=O)C(C)C.CC(C)C(=O)CC(NC(=O)CC(C)(C)C)C(=O)OC(C)(C)C.CC(C)C(=O)CCC(=O)c1ccccc1.CC(C)C(=O)CCC(F)(F)F.CC(C)C(=O)CCC1CCC(=O)C1.CCC(=O)CCC(=O)C(C)C. The molecule has 27 nitrogen and oxygen atoms in total. The number of alkyl halides is 3. The summed E-state index contributed by atoms with van der Waals surface area (Å²) in [5.74, 6) is -0.395. The van der Waals surface area contributed by atoms with E-state index in [1.165, 1.54) is 27.0 Å². The van der Waals surface area contributed by atoms with Crippen LogP contribution in [0.2, 0.25) is 0 Å². The number of benzene rings is 2. The summed E-state index contributed by atoms with van der Waals surface area (Å²) >= 11 is 0. The zero-order chi connectivity index (χ0) is 110. The molecular formula is C118H202F3N3O24. The highest BCUT2D eigenvalue weighted by molar-refractivity contribution is 5.98. The van der Waals surface area contributed by atoms with E-state index in [-0.39, 0.29) is 261 Å². The molecule has 6 atom stereocenters. The minimum absolute atomic E-state index is 0. The molecular weight excluding hydrogens is 1900 g/mol. The summed E-state index contributed by atoms with van der Waals surface area (Å²) < 4.78 is 60.4. The van der Waals surface area contributed by atoms with E-state index in [1.54, 1.807) is 107 Å². The highest BCUT2D eigenvalue weighted by Crippen LogP contribution is 2.28. The van der Waals surface area contributed by atoms with Gasteiger partial charge in [-0.05, 0) is 96.9 Å². The molecule has 3 aromatic rings. The maximum Gasteiger partial charge on any atom is 0.389 e. The maximum absolute atomic E-state index is 12.2. The van der Waals surface area contributed by atoms with Crippen LogP contribution in [-0.4, -0.2) is 185 Å². The summed E-state index contributed by atoms with van der Waals surface area (Å²) in [7, 11) is 1.82. The fourth-order valence-corrected chi connectivity index (χ4v) is 12.2. The number of aromatic nitrogens is 1. The molecule has 1 fully saturated rings. The van der Waals surface area contributed by atoms with Crippen molar-refractivity contribution in [1.82, 2.24) is 15.2 Å². The van der Waals surface area contributed by atoms with Crippen LogP contribution >= 0.6 is 0 Å². The number of amides is 1. The first-order valence-corrected chi connectivity index (χ1v) is 49.2. The second-order valence-electron chi connectivity index (χ2n) is 40.7. The highest BCUT2D eigenvalue weighted by atomic mass is 19.4. The Morgan fingerprint density at radius 3 is 1.28 bits per heavy atom. The number of likely N-dealkylation sites (N-methyl/N-ethyl adjacent to an activating group) is 1. The maximum atomic E-state index is 12.2. The van der Waals surface area contributed by atoms with E-state index < -0.39 is 42.1 Å². The molecule has 0 spiro atoms. The summed E-state index contributed by atoms with van der Waals surface area (Å²) in [6.07, 6.45) is 5.32. The fourth-order valence-electron chi connectivity index (χ4n) is 12.2. The third-order valence-corrected chi connectivity index (χ3v) is 21.0. The van der Waals surface area contributed by atoms with E-state index in [0.717, 1.165) is 24.8 Å². The Bertz CT molecular complexity index is 4290. The molecule has 0 bridgehead atoms. The Labute approximate surface area is 891 Å². The molecule has 1 aliphatic rings. The number of nitrogens with zero attached hydrogens (tertiary/aromatic N) is 2. The zero-order valence-corrected chi connectivity index (χ0v) is 91.0. The van der Waals surface area contributed by atoms with Gasteiger partial charge < -0.3 is 38.6 Å². The molecule has 1 aliphatic carbocycles. The molecule has 1 N–H and O–H groups in total. The Morgan fingerprint density at radius 2 is 0.892 bits per heavy atom. The largest absolute Gasteiger partial charge is 0.497 e. The monoisotopic (exact) mass is 2100 g/mol. The number of halogens is 3. The van der Waals surface area contributed by atoms with E-state index in [4.69, 9.17) is 23.7 Å². The lowest BCUT2D eigenvalue weighted by Crippen LogP contribution is -2.46. The predicted molar refractivity (Wildman–Crippen MR) is 590 cm³/mol. The quantitative estimate of drug-likeness (QED) is 0.0237. The lowest BCUT2D eigenvalue weighted by Gasteiger charge is -2.27. The van der Waals surface area contributed by atoms with Gasteiger partial charge in [-0.3, -0.25) is 81.8 Å². The van der Waals surface area contributed by atoms with E-state index in [2.05, 4.69) is 16.9 Å².